The molecule has 1 aromatic carbocycles. The smallest absolute Gasteiger partial charge is 0.367 e. The summed E-state index contributed by atoms with van der Waals surface area (Å²) in [5, 5.41) is 7.04. The highest BCUT2D eigenvalue weighted by Gasteiger charge is 2.27. The first-order chi connectivity index (χ1) is 11.8. The Labute approximate surface area is 143 Å². The van der Waals surface area contributed by atoms with E-state index in [2.05, 4.69) is 15.2 Å². The minimum absolute atomic E-state index is 0.195. The predicted octanol–water partition coefficient (Wildman–Crippen LogP) is 3.09. The molecule has 1 N–H and O–H groups in total. The summed E-state index contributed by atoms with van der Waals surface area (Å²) in [5.74, 6) is -0.269. The van der Waals surface area contributed by atoms with Gasteiger partial charge < -0.3 is 10.1 Å². The van der Waals surface area contributed by atoms with E-state index in [-0.39, 0.29) is 12.5 Å². The van der Waals surface area contributed by atoms with Crippen LogP contribution in [0.5, 0.6) is 0 Å². The Kier molecular flexibility index (Phi) is 6.58. The van der Waals surface area contributed by atoms with E-state index in [0.29, 0.717) is 24.2 Å². The topological polar surface area (TPSA) is 56.2 Å². The molecule has 2 rings (SSSR count). The van der Waals surface area contributed by atoms with Gasteiger partial charge in [-0.25, -0.2) is 0 Å². The standard InChI is InChI=1S/C17H20F3N3O2/c1-13-6-9-23(22-13)8-3-7-21-16(24)15-5-2-4-14(10-15)11-25-12-17(18,19)20/h2,4-6,9-10H,3,7-8,11-12H2,1H3,(H,21,24). The van der Waals surface area contributed by atoms with E-state index < -0.39 is 12.8 Å². The average molecular weight is 355 g/mol. The summed E-state index contributed by atoms with van der Waals surface area (Å²) >= 11 is 0. The van der Waals surface area contributed by atoms with Crippen molar-refractivity contribution in [3.63, 3.8) is 0 Å². The Hall–Kier alpha value is -2.35. The lowest BCUT2D eigenvalue weighted by Gasteiger charge is -2.09. The van der Waals surface area contributed by atoms with Crippen molar-refractivity contribution in [2.45, 2.75) is 32.7 Å². The van der Waals surface area contributed by atoms with E-state index in [9.17, 15) is 18.0 Å². The van der Waals surface area contributed by atoms with Crippen LogP contribution >= 0.6 is 0 Å². The Balaban J connectivity index is 1.76. The van der Waals surface area contributed by atoms with Gasteiger partial charge in [-0.2, -0.15) is 18.3 Å². The second-order valence-corrected chi connectivity index (χ2v) is 5.64. The molecule has 0 saturated heterocycles. The third-order valence-electron chi connectivity index (χ3n) is 3.35. The molecule has 1 aromatic heterocycles. The summed E-state index contributed by atoms with van der Waals surface area (Å²) in [4.78, 5) is 12.1. The maximum atomic E-state index is 12.1. The molecule has 5 nitrogen and oxygen atoms in total. The van der Waals surface area contributed by atoms with E-state index in [1.165, 1.54) is 6.07 Å². The van der Waals surface area contributed by atoms with Crippen LogP contribution in [0.15, 0.2) is 36.5 Å². The number of hydrogen-bond acceptors (Lipinski definition) is 3. The molecule has 0 fully saturated rings. The Morgan fingerprint density at radius 1 is 1.32 bits per heavy atom. The Morgan fingerprint density at radius 2 is 2.12 bits per heavy atom. The number of nitrogens with one attached hydrogen (secondary N) is 1. The zero-order valence-electron chi connectivity index (χ0n) is 13.8. The van der Waals surface area contributed by atoms with Crippen LogP contribution in [0.25, 0.3) is 0 Å². The van der Waals surface area contributed by atoms with Gasteiger partial charge in [0.1, 0.15) is 6.61 Å². The van der Waals surface area contributed by atoms with Gasteiger partial charge in [-0.15, -0.1) is 0 Å². The summed E-state index contributed by atoms with van der Waals surface area (Å²) in [6, 6.07) is 8.29. The first kappa shape index (κ1) is 19.0. The van der Waals surface area contributed by atoms with Crippen molar-refractivity contribution in [2.24, 2.45) is 0 Å². The fraction of sp³-hybridized carbons (Fsp3) is 0.412. The third kappa shape index (κ3) is 6.96. The van der Waals surface area contributed by atoms with Crippen molar-refractivity contribution in [2.75, 3.05) is 13.2 Å². The van der Waals surface area contributed by atoms with Gasteiger partial charge in [-0.05, 0) is 37.1 Å². The quantitative estimate of drug-likeness (QED) is 0.741. The lowest BCUT2D eigenvalue weighted by Crippen LogP contribution is -2.25. The van der Waals surface area contributed by atoms with Crippen LogP contribution in [-0.2, 0) is 17.9 Å². The lowest BCUT2D eigenvalue weighted by molar-refractivity contribution is -0.176. The number of amides is 1. The van der Waals surface area contributed by atoms with Crippen molar-refractivity contribution in [1.82, 2.24) is 15.1 Å². The maximum Gasteiger partial charge on any atom is 0.411 e. The number of nitrogens with zero attached hydrogens (tertiary/aromatic N) is 2. The van der Waals surface area contributed by atoms with E-state index in [4.69, 9.17) is 0 Å². The van der Waals surface area contributed by atoms with Crippen LogP contribution in [-0.4, -0.2) is 35.0 Å². The summed E-state index contributed by atoms with van der Waals surface area (Å²) in [5.41, 5.74) is 1.85. The number of rotatable bonds is 8. The fourth-order valence-corrected chi connectivity index (χ4v) is 2.22. The van der Waals surface area contributed by atoms with Gasteiger partial charge in [0.15, 0.2) is 0 Å². The van der Waals surface area contributed by atoms with Gasteiger partial charge in [0.2, 0.25) is 0 Å². The molecule has 8 heteroatoms. The van der Waals surface area contributed by atoms with E-state index in [1.54, 1.807) is 22.9 Å². The van der Waals surface area contributed by atoms with Crippen molar-refractivity contribution in [1.29, 1.82) is 0 Å². The van der Waals surface area contributed by atoms with Crippen molar-refractivity contribution < 1.29 is 22.7 Å². The SMILES string of the molecule is Cc1ccn(CCCNC(=O)c2cccc(COCC(F)(F)F)c2)n1. The van der Waals surface area contributed by atoms with Crippen LogP contribution in [0.4, 0.5) is 13.2 Å². The summed E-state index contributed by atoms with van der Waals surface area (Å²) < 4.78 is 42.6. The molecule has 0 atom stereocenters. The molecule has 1 heterocycles. The number of hydrogen-bond donors (Lipinski definition) is 1. The zero-order valence-corrected chi connectivity index (χ0v) is 13.8. The molecule has 25 heavy (non-hydrogen) atoms. The highest BCUT2D eigenvalue weighted by Crippen LogP contribution is 2.16. The van der Waals surface area contributed by atoms with Crippen LogP contribution in [0.2, 0.25) is 0 Å². The zero-order chi connectivity index (χ0) is 18.3. The van der Waals surface area contributed by atoms with E-state index >= 15 is 0 Å². The number of aromatic nitrogens is 2. The molecular weight excluding hydrogens is 335 g/mol. The fourth-order valence-electron chi connectivity index (χ4n) is 2.22. The summed E-state index contributed by atoms with van der Waals surface area (Å²) in [7, 11) is 0. The van der Waals surface area contributed by atoms with E-state index in [0.717, 1.165) is 12.1 Å². The summed E-state index contributed by atoms with van der Waals surface area (Å²) in [6.45, 7) is 1.57. The third-order valence-corrected chi connectivity index (χ3v) is 3.35. The van der Waals surface area contributed by atoms with Gasteiger partial charge in [0, 0.05) is 24.8 Å². The van der Waals surface area contributed by atoms with Crippen LogP contribution in [0, 0.1) is 6.92 Å². The molecule has 0 unspecified atom stereocenters. The van der Waals surface area contributed by atoms with Gasteiger partial charge in [-0.1, -0.05) is 12.1 Å². The van der Waals surface area contributed by atoms with Crippen LogP contribution in [0.1, 0.15) is 28.0 Å². The minimum atomic E-state index is -4.36. The maximum absolute atomic E-state index is 12.1. The molecule has 1 amide bonds. The van der Waals surface area contributed by atoms with Crippen molar-refractivity contribution in [3.05, 3.63) is 53.3 Å². The van der Waals surface area contributed by atoms with Gasteiger partial charge >= 0.3 is 6.18 Å². The van der Waals surface area contributed by atoms with Gasteiger partial charge in [-0.3, -0.25) is 9.48 Å². The van der Waals surface area contributed by atoms with E-state index in [1.807, 2.05) is 19.2 Å². The molecule has 0 bridgehead atoms. The molecule has 0 saturated carbocycles. The molecule has 0 radical (unpaired) electrons. The molecule has 0 aliphatic heterocycles. The Morgan fingerprint density at radius 3 is 2.80 bits per heavy atom. The van der Waals surface area contributed by atoms with Gasteiger partial charge in [0.25, 0.3) is 5.91 Å². The molecular formula is C17H20F3N3O2. The molecule has 0 aliphatic carbocycles. The van der Waals surface area contributed by atoms with Crippen molar-refractivity contribution in [3.8, 4) is 0 Å². The summed E-state index contributed by atoms with van der Waals surface area (Å²) in [6.07, 6.45) is -1.76. The first-order valence-corrected chi connectivity index (χ1v) is 7.85. The largest absolute Gasteiger partial charge is 0.411 e. The number of aryl methyl sites for hydroxylation is 2. The first-order valence-electron chi connectivity index (χ1n) is 7.85. The molecule has 2 aromatic rings. The Bertz CT molecular complexity index is 698. The number of alkyl halides is 3. The lowest BCUT2D eigenvalue weighted by atomic mass is 10.1. The normalized spacial score (nSPS) is 11.5. The number of carbonyl (C=O) groups excluding carboxylic acids is 1. The molecule has 136 valence electrons. The molecule has 0 spiro atoms. The monoisotopic (exact) mass is 355 g/mol. The van der Waals surface area contributed by atoms with Crippen molar-refractivity contribution >= 4 is 5.91 Å². The number of ether oxygens (including phenoxy) is 1. The molecule has 0 aliphatic rings. The highest BCUT2D eigenvalue weighted by atomic mass is 19.4. The average Bonchev–Trinajstić information content (AvgIpc) is 2.96. The number of benzene rings is 1. The van der Waals surface area contributed by atoms with Crippen LogP contribution in [0.3, 0.4) is 0 Å². The second kappa shape index (κ2) is 8.66. The highest BCUT2D eigenvalue weighted by molar-refractivity contribution is 5.94. The predicted molar refractivity (Wildman–Crippen MR) is 86.1 cm³/mol. The van der Waals surface area contributed by atoms with Crippen LogP contribution < -0.4 is 5.32 Å². The minimum Gasteiger partial charge on any atom is -0.367 e. The number of carbonyl (C=O) groups is 1. The van der Waals surface area contributed by atoms with Gasteiger partial charge in [0.05, 0.1) is 12.3 Å². The number of halogens is 3. The second-order valence-electron chi connectivity index (χ2n) is 5.64.